The smallest absolute Gasteiger partial charge is 0.255 e. The number of rotatable bonds is 7. The number of carbonyl (C=O) groups is 2. The van der Waals surface area contributed by atoms with Crippen LogP contribution in [0.15, 0.2) is 36.4 Å². The first-order chi connectivity index (χ1) is 12.0. The van der Waals surface area contributed by atoms with Crippen LogP contribution in [0.5, 0.6) is 17.2 Å². The Morgan fingerprint density at radius 1 is 0.880 bits per heavy atom. The standard InChI is InChI=1S/C19H21NO5/c1-5-15(21)12-6-8-14(9-7-12)20-19(22)13-10-16(23-2)18(25-4)17(11-13)24-3/h6-11H,5H2,1-4H3,(H,20,22). The van der Waals surface area contributed by atoms with Crippen molar-refractivity contribution in [3.63, 3.8) is 0 Å². The monoisotopic (exact) mass is 343 g/mol. The van der Waals surface area contributed by atoms with E-state index >= 15 is 0 Å². The lowest BCUT2D eigenvalue weighted by atomic mass is 10.1. The van der Waals surface area contributed by atoms with Crippen LogP contribution in [0.2, 0.25) is 0 Å². The van der Waals surface area contributed by atoms with E-state index in [9.17, 15) is 9.59 Å². The normalized spacial score (nSPS) is 10.1. The van der Waals surface area contributed by atoms with Crippen LogP contribution < -0.4 is 19.5 Å². The Labute approximate surface area is 146 Å². The van der Waals surface area contributed by atoms with Crippen molar-refractivity contribution in [3.05, 3.63) is 47.5 Å². The molecular weight excluding hydrogens is 322 g/mol. The average Bonchev–Trinajstić information content (AvgIpc) is 2.66. The molecule has 0 aliphatic carbocycles. The van der Waals surface area contributed by atoms with Crippen molar-refractivity contribution in [2.75, 3.05) is 26.6 Å². The van der Waals surface area contributed by atoms with Crippen molar-refractivity contribution >= 4 is 17.4 Å². The molecule has 0 unspecified atom stereocenters. The van der Waals surface area contributed by atoms with Gasteiger partial charge in [-0.3, -0.25) is 9.59 Å². The van der Waals surface area contributed by atoms with Crippen LogP contribution in [0.1, 0.15) is 34.1 Å². The number of benzene rings is 2. The van der Waals surface area contributed by atoms with E-state index in [1.54, 1.807) is 36.4 Å². The van der Waals surface area contributed by atoms with Crippen LogP contribution in [-0.4, -0.2) is 33.0 Å². The van der Waals surface area contributed by atoms with E-state index in [0.29, 0.717) is 40.5 Å². The van der Waals surface area contributed by atoms with Crippen molar-refractivity contribution in [1.82, 2.24) is 0 Å². The van der Waals surface area contributed by atoms with Crippen molar-refractivity contribution in [2.45, 2.75) is 13.3 Å². The minimum atomic E-state index is -0.325. The number of hydrogen-bond donors (Lipinski definition) is 1. The SMILES string of the molecule is CCC(=O)c1ccc(NC(=O)c2cc(OC)c(OC)c(OC)c2)cc1. The fourth-order valence-corrected chi connectivity index (χ4v) is 2.36. The highest BCUT2D eigenvalue weighted by Crippen LogP contribution is 2.38. The molecule has 2 aromatic carbocycles. The Morgan fingerprint density at radius 2 is 1.44 bits per heavy atom. The minimum Gasteiger partial charge on any atom is -0.493 e. The lowest BCUT2D eigenvalue weighted by molar-refractivity contribution is 0.0987. The van der Waals surface area contributed by atoms with Crippen LogP contribution in [0, 0.1) is 0 Å². The van der Waals surface area contributed by atoms with E-state index in [0.717, 1.165) is 0 Å². The summed E-state index contributed by atoms with van der Waals surface area (Å²) in [7, 11) is 4.48. The van der Waals surface area contributed by atoms with E-state index in [-0.39, 0.29) is 11.7 Å². The molecule has 0 atom stereocenters. The molecule has 6 heteroatoms. The lowest BCUT2D eigenvalue weighted by Gasteiger charge is -2.14. The topological polar surface area (TPSA) is 73.9 Å². The van der Waals surface area contributed by atoms with Gasteiger partial charge in [-0.15, -0.1) is 0 Å². The largest absolute Gasteiger partial charge is 0.493 e. The Balaban J connectivity index is 2.24. The number of nitrogens with one attached hydrogen (secondary N) is 1. The Morgan fingerprint density at radius 3 is 1.88 bits per heavy atom. The third-order valence-corrected chi connectivity index (χ3v) is 3.71. The van der Waals surface area contributed by atoms with Crippen LogP contribution in [0.25, 0.3) is 0 Å². The summed E-state index contributed by atoms with van der Waals surface area (Å²) in [5, 5.41) is 2.78. The highest BCUT2D eigenvalue weighted by atomic mass is 16.5. The van der Waals surface area contributed by atoms with Crippen LogP contribution in [0.4, 0.5) is 5.69 Å². The van der Waals surface area contributed by atoms with E-state index in [2.05, 4.69) is 5.32 Å². The molecule has 0 saturated carbocycles. The molecule has 2 aromatic rings. The molecule has 0 aliphatic heterocycles. The summed E-state index contributed by atoms with van der Waals surface area (Å²) in [6.07, 6.45) is 0.442. The van der Waals surface area contributed by atoms with Gasteiger partial charge < -0.3 is 19.5 Å². The molecule has 6 nitrogen and oxygen atoms in total. The number of amides is 1. The highest BCUT2D eigenvalue weighted by Gasteiger charge is 2.17. The molecule has 0 aliphatic rings. The molecule has 0 fully saturated rings. The first-order valence-corrected chi connectivity index (χ1v) is 7.78. The molecule has 0 radical (unpaired) electrons. The van der Waals surface area contributed by atoms with Gasteiger partial charge in [-0.05, 0) is 36.4 Å². The third kappa shape index (κ3) is 4.09. The molecule has 1 N–H and O–H groups in total. The molecule has 0 saturated heterocycles. The number of carbonyl (C=O) groups excluding carboxylic acids is 2. The summed E-state index contributed by atoms with van der Waals surface area (Å²) in [4.78, 5) is 24.1. The van der Waals surface area contributed by atoms with Gasteiger partial charge >= 0.3 is 0 Å². The number of ketones is 1. The fourth-order valence-electron chi connectivity index (χ4n) is 2.36. The first kappa shape index (κ1) is 18.3. The predicted molar refractivity (Wildman–Crippen MR) is 95.1 cm³/mol. The highest BCUT2D eigenvalue weighted by molar-refractivity contribution is 6.05. The molecule has 0 bridgehead atoms. The molecule has 0 spiro atoms. The number of anilines is 1. The molecule has 132 valence electrons. The second kappa shape index (κ2) is 8.19. The van der Waals surface area contributed by atoms with E-state index in [4.69, 9.17) is 14.2 Å². The Hall–Kier alpha value is -3.02. The minimum absolute atomic E-state index is 0.0579. The predicted octanol–water partition coefficient (Wildman–Crippen LogP) is 3.56. The molecular formula is C19H21NO5. The zero-order valence-corrected chi connectivity index (χ0v) is 14.7. The van der Waals surface area contributed by atoms with Gasteiger partial charge in [0.15, 0.2) is 17.3 Å². The number of ether oxygens (including phenoxy) is 3. The quantitative estimate of drug-likeness (QED) is 0.778. The summed E-state index contributed by atoms with van der Waals surface area (Å²) < 4.78 is 15.7. The summed E-state index contributed by atoms with van der Waals surface area (Å²) in [5.74, 6) is 0.951. The molecule has 0 aromatic heterocycles. The zero-order chi connectivity index (χ0) is 18.4. The number of hydrogen-bond acceptors (Lipinski definition) is 5. The summed E-state index contributed by atoms with van der Waals surface area (Å²) >= 11 is 0. The molecule has 1 amide bonds. The van der Waals surface area contributed by atoms with Gasteiger partial charge in [0.25, 0.3) is 5.91 Å². The molecule has 2 rings (SSSR count). The van der Waals surface area contributed by atoms with Gasteiger partial charge in [0, 0.05) is 23.2 Å². The van der Waals surface area contributed by atoms with E-state index < -0.39 is 0 Å². The second-order valence-corrected chi connectivity index (χ2v) is 5.22. The summed E-state index contributed by atoms with van der Waals surface area (Å²) in [5.41, 5.74) is 1.57. The fraction of sp³-hybridized carbons (Fsp3) is 0.263. The van der Waals surface area contributed by atoms with Crippen molar-refractivity contribution in [1.29, 1.82) is 0 Å². The van der Waals surface area contributed by atoms with Crippen LogP contribution in [-0.2, 0) is 0 Å². The first-order valence-electron chi connectivity index (χ1n) is 7.78. The van der Waals surface area contributed by atoms with Gasteiger partial charge in [0.05, 0.1) is 21.3 Å². The maximum atomic E-state index is 12.5. The average molecular weight is 343 g/mol. The van der Waals surface area contributed by atoms with Crippen LogP contribution in [0.3, 0.4) is 0 Å². The van der Waals surface area contributed by atoms with Gasteiger partial charge in [0.2, 0.25) is 5.75 Å². The number of Topliss-reactive ketones (excluding diaryl/α,β-unsaturated/α-hetero) is 1. The Kier molecular flexibility index (Phi) is 6.00. The van der Waals surface area contributed by atoms with Gasteiger partial charge in [-0.2, -0.15) is 0 Å². The lowest BCUT2D eigenvalue weighted by Crippen LogP contribution is -2.12. The van der Waals surface area contributed by atoms with E-state index in [1.165, 1.54) is 21.3 Å². The molecule has 0 heterocycles. The Bertz CT molecular complexity index is 743. The van der Waals surface area contributed by atoms with Gasteiger partial charge in [-0.1, -0.05) is 6.92 Å². The van der Waals surface area contributed by atoms with E-state index in [1.807, 2.05) is 6.92 Å². The third-order valence-electron chi connectivity index (χ3n) is 3.71. The maximum Gasteiger partial charge on any atom is 0.255 e. The summed E-state index contributed by atoms with van der Waals surface area (Å²) in [6, 6.07) is 9.92. The maximum absolute atomic E-state index is 12.5. The van der Waals surface area contributed by atoms with Crippen molar-refractivity contribution < 1.29 is 23.8 Å². The van der Waals surface area contributed by atoms with Crippen LogP contribution >= 0.6 is 0 Å². The van der Waals surface area contributed by atoms with Gasteiger partial charge in [0.1, 0.15) is 0 Å². The van der Waals surface area contributed by atoms with Gasteiger partial charge in [-0.25, -0.2) is 0 Å². The second-order valence-electron chi connectivity index (χ2n) is 5.22. The zero-order valence-electron chi connectivity index (χ0n) is 14.7. The molecule has 25 heavy (non-hydrogen) atoms. The summed E-state index contributed by atoms with van der Waals surface area (Å²) in [6.45, 7) is 1.81. The number of methoxy groups -OCH3 is 3. The van der Waals surface area contributed by atoms with Crippen molar-refractivity contribution in [3.8, 4) is 17.2 Å². The van der Waals surface area contributed by atoms with Crippen molar-refractivity contribution in [2.24, 2.45) is 0 Å².